The highest BCUT2D eigenvalue weighted by atomic mass is 16.5. The van der Waals surface area contributed by atoms with Gasteiger partial charge in [0.2, 0.25) is 11.7 Å². The van der Waals surface area contributed by atoms with E-state index >= 15 is 0 Å². The van der Waals surface area contributed by atoms with Gasteiger partial charge in [-0.1, -0.05) is 39.8 Å². The van der Waals surface area contributed by atoms with Gasteiger partial charge in [-0.25, -0.2) is 0 Å². The molecule has 0 spiro atoms. The smallest absolute Gasteiger partial charge is 0.234 e. The Kier molecular flexibility index (Phi) is 4.62. The molecular formula is C13H22N2O3. The number of aromatic nitrogens is 2. The van der Waals surface area contributed by atoms with Crippen LogP contribution in [-0.2, 0) is 16.0 Å². The highest BCUT2D eigenvalue weighted by Gasteiger charge is 2.26. The zero-order chi connectivity index (χ0) is 13.9. The summed E-state index contributed by atoms with van der Waals surface area (Å²) >= 11 is 0. The van der Waals surface area contributed by atoms with E-state index in [1.165, 1.54) is 0 Å². The van der Waals surface area contributed by atoms with Crippen LogP contribution in [0, 0.1) is 11.3 Å². The van der Waals surface area contributed by atoms with Gasteiger partial charge in [-0.3, -0.25) is 4.79 Å². The van der Waals surface area contributed by atoms with Gasteiger partial charge in [0.1, 0.15) is 11.9 Å². The maximum absolute atomic E-state index is 11.9. The van der Waals surface area contributed by atoms with Crippen molar-refractivity contribution in [1.29, 1.82) is 0 Å². The fourth-order valence-corrected chi connectivity index (χ4v) is 1.53. The fraction of sp³-hybridized carbons (Fsp3) is 0.769. The highest BCUT2D eigenvalue weighted by Crippen LogP contribution is 2.23. The van der Waals surface area contributed by atoms with E-state index in [1.54, 1.807) is 7.11 Å². The molecule has 0 saturated carbocycles. The number of ketones is 1. The van der Waals surface area contributed by atoms with Gasteiger partial charge >= 0.3 is 0 Å². The van der Waals surface area contributed by atoms with Gasteiger partial charge in [-0.2, -0.15) is 4.98 Å². The fourth-order valence-electron chi connectivity index (χ4n) is 1.53. The average molecular weight is 254 g/mol. The van der Waals surface area contributed by atoms with Crippen molar-refractivity contribution in [2.45, 2.75) is 47.1 Å². The van der Waals surface area contributed by atoms with E-state index < -0.39 is 5.41 Å². The maximum Gasteiger partial charge on any atom is 0.234 e. The zero-order valence-electron chi connectivity index (χ0n) is 12.0. The topological polar surface area (TPSA) is 65.2 Å². The molecule has 1 heterocycles. The Balaban J connectivity index is 2.78. The van der Waals surface area contributed by atoms with Crippen molar-refractivity contribution in [3.05, 3.63) is 11.7 Å². The first-order valence-electron chi connectivity index (χ1n) is 6.14. The number of carbonyl (C=O) groups excluding carboxylic acids is 1. The van der Waals surface area contributed by atoms with E-state index in [9.17, 15) is 4.79 Å². The average Bonchev–Trinajstić information content (AvgIpc) is 2.65. The summed E-state index contributed by atoms with van der Waals surface area (Å²) in [6, 6.07) is 0. The largest absolute Gasteiger partial charge is 0.373 e. The number of hydrogen-bond acceptors (Lipinski definition) is 5. The Hall–Kier alpha value is -1.23. The summed E-state index contributed by atoms with van der Waals surface area (Å²) in [5.41, 5.74) is -0.395. The monoisotopic (exact) mass is 254 g/mol. The van der Waals surface area contributed by atoms with Crippen LogP contribution in [0.25, 0.3) is 0 Å². The molecule has 1 rings (SSSR count). The molecule has 1 aromatic rings. The normalized spacial score (nSPS) is 13.9. The van der Waals surface area contributed by atoms with Crippen LogP contribution in [0.15, 0.2) is 4.52 Å². The van der Waals surface area contributed by atoms with Crippen molar-refractivity contribution in [2.75, 3.05) is 7.11 Å². The second-order valence-corrected chi connectivity index (χ2v) is 5.80. The van der Waals surface area contributed by atoms with Crippen molar-refractivity contribution in [3.8, 4) is 0 Å². The maximum atomic E-state index is 11.9. The number of ether oxygens (including phenoxy) is 1. The molecule has 0 N–H and O–H groups in total. The van der Waals surface area contributed by atoms with E-state index in [0.717, 1.165) is 0 Å². The van der Waals surface area contributed by atoms with Crippen LogP contribution in [0.4, 0.5) is 0 Å². The molecule has 0 aromatic carbocycles. The minimum absolute atomic E-state index is 0.0798. The van der Waals surface area contributed by atoms with Gasteiger partial charge in [0.25, 0.3) is 0 Å². The third-order valence-corrected chi connectivity index (χ3v) is 2.75. The number of rotatable bonds is 5. The first-order chi connectivity index (χ1) is 8.25. The second-order valence-electron chi connectivity index (χ2n) is 5.80. The van der Waals surface area contributed by atoms with Crippen LogP contribution in [0.5, 0.6) is 0 Å². The summed E-state index contributed by atoms with van der Waals surface area (Å²) in [5, 5.41) is 3.88. The molecule has 1 aromatic heterocycles. The van der Waals surface area contributed by atoms with Crippen molar-refractivity contribution >= 4 is 5.78 Å². The Morgan fingerprint density at radius 3 is 2.44 bits per heavy atom. The molecular weight excluding hydrogens is 232 g/mol. The lowest BCUT2D eigenvalue weighted by Crippen LogP contribution is -2.22. The Morgan fingerprint density at radius 1 is 1.39 bits per heavy atom. The molecule has 5 nitrogen and oxygen atoms in total. The molecule has 0 aliphatic heterocycles. The molecule has 0 bridgehead atoms. The first kappa shape index (κ1) is 14.8. The van der Waals surface area contributed by atoms with Crippen LogP contribution in [-0.4, -0.2) is 23.0 Å². The summed E-state index contributed by atoms with van der Waals surface area (Å²) < 4.78 is 10.4. The van der Waals surface area contributed by atoms with Crippen LogP contribution in [0.2, 0.25) is 0 Å². The quantitative estimate of drug-likeness (QED) is 0.808. The number of carbonyl (C=O) groups is 1. The Bertz CT molecular complexity index is 405. The second kappa shape index (κ2) is 5.61. The predicted molar refractivity (Wildman–Crippen MR) is 67.1 cm³/mol. The van der Waals surface area contributed by atoms with Crippen LogP contribution >= 0.6 is 0 Å². The summed E-state index contributed by atoms with van der Waals surface area (Å²) in [6.45, 7) is 9.66. The summed E-state index contributed by atoms with van der Waals surface area (Å²) in [4.78, 5) is 16.1. The number of methoxy groups -OCH3 is 1. The molecule has 0 amide bonds. The van der Waals surface area contributed by atoms with Gasteiger partial charge in [-0.05, 0) is 5.92 Å². The predicted octanol–water partition coefficient (Wildman–Crippen LogP) is 2.57. The lowest BCUT2D eigenvalue weighted by atomic mass is 9.89. The molecule has 5 heteroatoms. The van der Waals surface area contributed by atoms with E-state index in [1.807, 2.05) is 34.6 Å². The number of Topliss-reactive ketones (excluding diaryl/α,β-unsaturated/α-hetero) is 1. The van der Waals surface area contributed by atoms with Crippen molar-refractivity contribution in [2.24, 2.45) is 11.3 Å². The highest BCUT2D eigenvalue weighted by molar-refractivity contribution is 5.84. The van der Waals surface area contributed by atoms with Crippen LogP contribution in [0.3, 0.4) is 0 Å². The molecule has 18 heavy (non-hydrogen) atoms. The molecule has 1 atom stereocenters. The number of hydrogen-bond donors (Lipinski definition) is 0. The van der Waals surface area contributed by atoms with E-state index in [-0.39, 0.29) is 24.2 Å². The van der Waals surface area contributed by atoms with Gasteiger partial charge in [-0.15, -0.1) is 0 Å². The molecule has 102 valence electrons. The Morgan fingerprint density at radius 2 is 2.00 bits per heavy atom. The minimum atomic E-state index is -0.395. The van der Waals surface area contributed by atoms with Gasteiger partial charge in [0.15, 0.2) is 0 Å². The summed E-state index contributed by atoms with van der Waals surface area (Å²) in [5.74, 6) is 1.19. The van der Waals surface area contributed by atoms with Crippen LogP contribution < -0.4 is 0 Å². The lowest BCUT2D eigenvalue weighted by molar-refractivity contribution is -0.125. The van der Waals surface area contributed by atoms with Crippen LogP contribution in [0.1, 0.15) is 52.4 Å². The van der Waals surface area contributed by atoms with Gasteiger partial charge in [0.05, 0.1) is 6.42 Å². The molecule has 0 aliphatic rings. The van der Waals surface area contributed by atoms with Gasteiger partial charge < -0.3 is 9.26 Å². The van der Waals surface area contributed by atoms with E-state index in [4.69, 9.17) is 9.26 Å². The van der Waals surface area contributed by atoms with E-state index in [2.05, 4.69) is 10.1 Å². The number of nitrogens with zero attached hydrogens (tertiary/aromatic N) is 2. The SMILES string of the molecule is COC(c1noc(CC(=O)C(C)(C)C)n1)C(C)C. The molecule has 0 fully saturated rings. The summed E-state index contributed by atoms with van der Waals surface area (Å²) in [6.07, 6.45) is -0.0300. The van der Waals surface area contributed by atoms with Crippen molar-refractivity contribution in [1.82, 2.24) is 10.1 Å². The van der Waals surface area contributed by atoms with Gasteiger partial charge in [0, 0.05) is 12.5 Å². The van der Waals surface area contributed by atoms with Crippen molar-refractivity contribution < 1.29 is 14.1 Å². The summed E-state index contributed by atoms with van der Waals surface area (Å²) in [7, 11) is 1.61. The Labute approximate surface area is 108 Å². The van der Waals surface area contributed by atoms with Crippen molar-refractivity contribution in [3.63, 3.8) is 0 Å². The third-order valence-electron chi connectivity index (χ3n) is 2.75. The third kappa shape index (κ3) is 3.63. The molecule has 0 saturated heterocycles. The zero-order valence-corrected chi connectivity index (χ0v) is 12.0. The standard InChI is InChI=1S/C13H22N2O3/c1-8(2)11(17-6)12-14-10(18-15-12)7-9(16)13(3,4)5/h8,11H,7H2,1-6H3. The minimum Gasteiger partial charge on any atom is -0.373 e. The lowest BCUT2D eigenvalue weighted by Gasteiger charge is -2.15. The first-order valence-corrected chi connectivity index (χ1v) is 6.14. The molecule has 1 unspecified atom stereocenters. The molecule has 0 radical (unpaired) electrons. The van der Waals surface area contributed by atoms with E-state index in [0.29, 0.717) is 11.7 Å². The molecule has 0 aliphatic carbocycles.